The molecule has 2 atom stereocenters. The molecule has 1 aliphatic heterocycles. The Kier molecular flexibility index (Phi) is 4.06. The molecule has 0 bridgehead atoms. The van der Waals surface area contributed by atoms with E-state index in [-0.39, 0.29) is 11.3 Å². The largest absolute Gasteiger partial charge is 0.480 e. The van der Waals surface area contributed by atoms with Gasteiger partial charge in [-0.05, 0) is 56.9 Å². The Bertz CT molecular complexity index is 631. The predicted octanol–water partition coefficient (Wildman–Crippen LogP) is 3.43. The van der Waals surface area contributed by atoms with Gasteiger partial charge in [0.15, 0.2) is 0 Å². The van der Waals surface area contributed by atoms with E-state index in [2.05, 4.69) is 12.1 Å². The van der Waals surface area contributed by atoms with Crippen LogP contribution in [0.5, 0.6) is 0 Å². The van der Waals surface area contributed by atoms with E-state index in [1.807, 2.05) is 18.2 Å². The molecule has 1 aromatic rings. The second-order valence-electron chi connectivity index (χ2n) is 7.94. The summed E-state index contributed by atoms with van der Waals surface area (Å²) in [4.78, 5) is 25.5. The molecule has 5 heteroatoms. The maximum atomic E-state index is 12.4. The monoisotopic (exact) mass is 331 g/mol. The van der Waals surface area contributed by atoms with Crippen molar-refractivity contribution >= 4 is 12.1 Å². The van der Waals surface area contributed by atoms with Gasteiger partial charge in [-0.15, -0.1) is 0 Å². The first-order chi connectivity index (χ1) is 11.2. The number of likely N-dealkylation sites (tertiary alicyclic amines) is 1. The second kappa shape index (κ2) is 5.80. The van der Waals surface area contributed by atoms with Crippen LogP contribution in [0.15, 0.2) is 30.3 Å². The van der Waals surface area contributed by atoms with E-state index in [0.717, 1.165) is 12.8 Å². The molecule has 0 aromatic heterocycles. The zero-order valence-electron chi connectivity index (χ0n) is 14.5. The molecule has 1 heterocycles. The Balaban J connectivity index is 1.81. The highest BCUT2D eigenvalue weighted by Crippen LogP contribution is 2.57. The molecule has 1 saturated heterocycles. The van der Waals surface area contributed by atoms with E-state index in [0.29, 0.717) is 13.0 Å². The third kappa shape index (κ3) is 3.12. The van der Waals surface area contributed by atoms with Crippen LogP contribution in [0.25, 0.3) is 0 Å². The molecule has 130 valence electrons. The van der Waals surface area contributed by atoms with Crippen LogP contribution >= 0.6 is 0 Å². The van der Waals surface area contributed by atoms with Gasteiger partial charge in [-0.25, -0.2) is 9.59 Å². The number of rotatable bonds is 3. The van der Waals surface area contributed by atoms with E-state index in [1.54, 1.807) is 20.8 Å². The zero-order valence-corrected chi connectivity index (χ0v) is 14.5. The summed E-state index contributed by atoms with van der Waals surface area (Å²) in [5, 5.41) is 9.56. The third-order valence-corrected chi connectivity index (χ3v) is 5.13. The first-order valence-electron chi connectivity index (χ1n) is 8.51. The lowest BCUT2D eigenvalue weighted by Crippen LogP contribution is -2.43. The van der Waals surface area contributed by atoms with Crippen LogP contribution in [0, 0.1) is 5.92 Å². The van der Waals surface area contributed by atoms with Gasteiger partial charge in [0, 0.05) is 6.54 Å². The quantitative estimate of drug-likeness (QED) is 0.921. The summed E-state index contributed by atoms with van der Waals surface area (Å²) >= 11 is 0. The molecule has 1 saturated carbocycles. The number of benzene rings is 1. The number of amides is 1. The molecule has 1 amide bonds. The lowest BCUT2D eigenvalue weighted by molar-refractivity contribution is -0.142. The van der Waals surface area contributed by atoms with Crippen LogP contribution in [0.1, 0.15) is 45.6 Å². The first-order valence-corrected chi connectivity index (χ1v) is 8.51. The number of aliphatic carboxylic acids is 1. The highest BCUT2D eigenvalue weighted by atomic mass is 16.6. The molecule has 1 N–H and O–H groups in total. The number of carboxylic acid groups (broad SMARTS) is 1. The SMILES string of the molecule is CC(C)(C)OC(=O)N1C[C@@H](C2(c3ccccc3)CC2)C[C@@H]1C(=O)O. The van der Waals surface area contributed by atoms with Crippen molar-refractivity contribution in [2.75, 3.05) is 6.54 Å². The van der Waals surface area contributed by atoms with Gasteiger partial charge >= 0.3 is 12.1 Å². The molecule has 0 spiro atoms. The first kappa shape index (κ1) is 16.8. The number of nitrogens with zero attached hydrogens (tertiary/aromatic N) is 1. The molecule has 5 nitrogen and oxygen atoms in total. The smallest absolute Gasteiger partial charge is 0.411 e. The molecular weight excluding hydrogens is 306 g/mol. The Hall–Kier alpha value is -2.04. The van der Waals surface area contributed by atoms with Gasteiger partial charge in [-0.2, -0.15) is 0 Å². The van der Waals surface area contributed by atoms with E-state index < -0.39 is 23.7 Å². The Morgan fingerprint density at radius 2 is 1.83 bits per heavy atom. The normalized spacial score (nSPS) is 25.4. The van der Waals surface area contributed by atoms with Gasteiger partial charge in [-0.3, -0.25) is 4.90 Å². The van der Waals surface area contributed by atoms with Gasteiger partial charge < -0.3 is 9.84 Å². The number of hydrogen-bond acceptors (Lipinski definition) is 3. The number of ether oxygens (including phenoxy) is 1. The van der Waals surface area contributed by atoms with Crippen LogP contribution in [-0.4, -0.2) is 40.3 Å². The molecule has 0 radical (unpaired) electrons. The second-order valence-corrected chi connectivity index (χ2v) is 7.94. The summed E-state index contributed by atoms with van der Waals surface area (Å²) < 4.78 is 5.41. The standard InChI is InChI=1S/C19H25NO4/c1-18(2,3)24-17(23)20-12-14(11-15(20)16(21)22)19(9-10-19)13-7-5-4-6-8-13/h4-8,14-15H,9-12H2,1-3H3,(H,21,22)/t14-,15+/m0/s1. The minimum absolute atomic E-state index is 0.0196. The average Bonchev–Trinajstić information content (AvgIpc) is 3.18. The summed E-state index contributed by atoms with van der Waals surface area (Å²) in [5.41, 5.74) is 0.644. The van der Waals surface area contributed by atoms with Gasteiger partial charge in [0.05, 0.1) is 0 Å². The summed E-state index contributed by atoms with van der Waals surface area (Å²) in [5.74, 6) is -0.791. The molecular formula is C19H25NO4. The minimum Gasteiger partial charge on any atom is -0.480 e. The number of hydrogen-bond donors (Lipinski definition) is 1. The molecule has 0 unspecified atom stereocenters. The number of carbonyl (C=O) groups excluding carboxylic acids is 1. The Labute approximate surface area is 142 Å². The molecule has 2 aliphatic rings. The Morgan fingerprint density at radius 3 is 2.33 bits per heavy atom. The van der Waals surface area contributed by atoms with E-state index >= 15 is 0 Å². The molecule has 3 rings (SSSR count). The zero-order chi connectivity index (χ0) is 17.5. The van der Waals surface area contributed by atoms with Crippen molar-refractivity contribution in [3.8, 4) is 0 Å². The predicted molar refractivity (Wildman–Crippen MR) is 89.8 cm³/mol. The lowest BCUT2D eigenvalue weighted by Gasteiger charge is -2.27. The van der Waals surface area contributed by atoms with Crippen LogP contribution in [0.2, 0.25) is 0 Å². The average molecular weight is 331 g/mol. The minimum atomic E-state index is -0.952. The van der Waals surface area contributed by atoms with Crippen LogP contribution in [-0.2, 0) is 14.9 Å². The molecule has 1 aromatic carbocycles. The summed E-state index contributed by atoms with van der Waals surface area (Å²) in [6, 6.07) is 9.44. The number of carbonyl (C=O) groups is 2. The fourth-order valence-corrected chi connectivity index (χ4v) is 3.83. The van der Waals surface area contributed by atoms with Crippen molar-refractivity contribution < 1.29 is 19.4 Å². The maximum Gasteiger partial charge on any atom is 0.411 e. The van der Waals surface area contributed by atoms with Crippen LogP contribution < -0.4 is 0 Å². The van der Waals surface area contributed by atoms with Crippen molar-refractivity contribution in [1.29, 1.82) is 0 Å². The third-order valence-electron chi connectivity index (χ3n) is 5.13. The van der Waals surface area contributed by atoms with Crippen molar-refractivity contribution in [2.24, 2.45) is 5.92 Å². The van der Waals surface area contributed by atoms with Crippen molar-refractivity contribution in [2.45, 2.75) is 57.1 Å². The van der Waals surface area contributed by atoms with Gasteiger partial charge in [0.25, 0.3) is 0 Å². The van der Waals surface area contributed by atoms with Crippen LogP contribution in [0.4, 0.5) is 4.79 Å². The fourth-order valence-electron chi connectivity index (χ4n) is 3.83. The van der Waals surface area contributed by atoms with E-state index in [9.17, 15) is 14.7 Å². The van der Waals surface area contributed by atoms with Crippen molar-refractivity contribution in [1.82, 2.24) is 4.90 Å². The summed E-state index contributed by atoms with van der Waals surface area (Å²) in [6.45, 7) is 5.82. The fraction of sp³-hybridized carbons (Fsp3) is 0.579. The maximum absolute atomic E-state index is 12.4. The summed E-state index contributed by atoms with van der Waals surface area (Å²) in [7, 11) is 0. The molecule has 1 aliphatic carbocycles. The number of carboxylic acids is 1. The Morgan fingerprint density at radius 1 is 1.21 bits per heavy atom. The van der Waals surface area contributed by atoms with E-state index in [4.69, 9.17) is 4.74 Å². The van der Waals surface area contributed by atoms with Gasteiger partial charge in [0.2, 0.25) is 0 Å². The van der Waals surface area contributed by atoms with Crippen LogP contribution in [0.3, 0.4) is 0 Å². The van der Waals surface area contributed by atoms with Crippen molar-refractivity contribution in [3.63, 3.8) is 0 Å². The topological polar surface area (TPSA) is 66.8 Å². The summed E-state index contributed by atoms with van der Waals surface area (Å²) in [6.07, 6.45) is 2.07. The highest BCUT2D eigenvalue weighted by molar-refractivity contribution is 5.81. The van der Waals surface area contributed by atoms with E-state index in [1.165, 1.54) is 10.5 Å². The molecule has 2 fully saturated rings. The van der Waals surface area contributed by atoms with Crippen molar-refractivity contribution in [3.05, 3.63) is 35.9 Å². The van der Waals surface area contributed by atoms with Gasteiger partial charge in [-0.1, -0.05) is 30.3 Å². The van der Waals surface area contributed by atoms with Gasteiger partial charge in [0.1, 0.15) is 11.6 Å². The lowest BCUT2D eigenvalue weighted by atomic mass is 9.81. The highest BCUT2D eigenvalue weighted by Gasteiger charge is 2.56. The molecule has 24 heavy (non-hydrogen) atoms.